The van der Waals surface area contributed by atoms with Gasteiger partial charge in [0.2, 0.25) is 5.91 Å². The molecule has 1 amide bonds. The summed E-state index contributed by atoms with van der Waals surface area (Å²) in [5.74, 6) is 0.145. The van der Waals surface area contributed by atoms with E-state index in [1.54, 1.807) is 0 Å². The Morgan fingerprint density at radius 3 is 2.69 bits per heavy atom. The molecule has 4 nitrogen and oxygen atoms in total. The predicted molar refractivity (Wildman–Crippen MR) is 53.7 cm³/mol. The summed E-state index contributed by atoms with van der Waals surface area (Å²) in [5.41, 5.74) is 0. The van der Waals surface area contributed by atoms with E-state index in [1.807, 2.05) is 0 Å². The third-order valence-corrected chi connectivity index (χ3v) is 4.70. The van der Waals surface area contributed by atoms with Gasteiger partial charge >= 0.3 is 0 Å². The smallest absolute Gasteiger partial charge is 0.229 e. The van der Waals surface area contributed by atoms with Crippen LogP contribution in [0.1, 0.15) is 12.8 Å². The molecule has 1 fully saturated rings. The first-order chi connectivity index (χ1) is 6.06. The summed E-state index contributed by atoms with van der Waals surface area (Å²) in [7, 11) is -2.93. The minimum absolute atomic E-state index is 0.104. The van der Waals surface area contributed by atoms with Gasteiger partial charge in [0.25, 0.3) is 0 Å². The quantitative estimate of drug-likeness (QED) is 0.641. The number of nitrogens with one attached hydrogen (secondary N) is 1. The van der Waals surface area contributed by atoms with Gasteiger partial charge in [0.1, 0.15) is 0 Å². The number of thiol groups is 1. The van der Waals surface area contributed by atoms with E-state index in [2.05, 4.69) is 17.9 Å². The normalized spacial score (nSPS) is 25.8. The predicted octanol–water partition coefficient (Wildman–Crippen LogP) is -0.390. The van der Waals surface area contributed by atoms with Gasteiger partial charge in [-0.2, -0.15) is 12.6 Å². The average Bonchev–Trinajstić information content (AvgIpc) is 2.41. The molecule has 0 aromatic carbocycles. The van der Waals surface area contributed by atoms with Crippen LogP contribution in [0.4, 0.5) is 0 Å². The minimum Gasteiger partial charge on any atom is -0.354 e. The summed E-state index contributed by atoms with van der Waals surface area (Å²) in [6, 6.07) is 0. The lowest BCUT2D eigenvalue weighted by atomic mass is 10.2. The van der Waals surface area contributed by atoms with Crippen molar-refractivity contribution in [1.29, 1.82) is 0 Å². The minimum atomic E-state index is -2.93. The van der Waals surface area contributed by atoms with Crippen molar-refractivity contribution in [2.24, 2.45) is 0 Å². The van der Waals surface area contributed by atoms with E-state index in [0.717, 1.165) is 0 Å². The second kappa shape index (κ2) is 4.32. The molecular formula is C7H13NO3S2. The molecule has 0 aromatic rings. The molecule has 1 rings (SSSR count). The van der Waals surface area contributed by atoms with E-state index in [0.29, 0.717) is 12.8 Å². The highest BCUT2D eigenvalue weighted by Gasteiger charge is 2.30. The van der Waals surface area contributed by atoms with Crippen molar-refractivity contribution in [3.63, 3.8) is 0 Å². The first-order valence-corrected chi connectivity index (χ1v) is 6.50. The Bertz CT molecular complexity index is 286. The van der Waals surface area contributed by atoms with Gasteiger partial charge in [0.15, 0.2) is 9.84 Å². The summed E-state index contributed by atoms with van der Waals surface area (Å²) in [4.78, 5) is 10.8. The van der Waals surface area contributed by atoms with E-state index < -0.39 is 9.84 Å². The van der Waals surface area contributed by atoms with Gasteiger partial charge in [-0.25, -0.2) is 8.42 Å². The summed E-state index contributed by atoms with van der Waals surface area (Å²) in [5, 5.41) is 2.16. The first kappa shape index (κ1) is 10.8. The first-order valence-electron chi connectivity index (χ1n) is 4.15. The zero-order chi connectivity index (χ0) is 9.90. The molecule has 1 aliphatic heterocycles. The highest BCUT2D eigenvalue weighted by atomic mass is 32.2. The monoisotopic (exact) mass is 223 g/mol. The number of carbonyl (C=O) groups is 1. The molecule has 1 heterocycles. The van der Waals surface area contributed by atoms with Crippen LogP contribution in [0, 0.1) is 0 Å². The van der Waals surface area contributed by atoms with Crippen LogP contribution in [0.5, 0.6) is 0 Å². The van der Waals surface area contributed by atoms with Crippen molar-refractivity contribution in [2.75, 3.05) is 18.1 Å². The van der Waals surface area contributed by atoms with Gasteiger partial charge in [0, 0.05) is 6.54 Å². The van der Waals surface area contributed by atoms with Gasteiger partial charge in [-0.15, -0.1) is 0 Å². The van der Waals surface area contributed by atoms with Gasteiger partial charge in [0.05, 0.1) is 16.8 Å². The Hall–Kier alpha value is -0.230. The third kappa shape index (κ3) is 2.87. The third-order valence-electron chi connectivity index (χ3n) is 2.13. The molecule has 13 heavy (non-hydrogen) atoms. The van der Waals surface area contributed by atoms with Crippen LogP contribution < -0.4 is 5.32 Å². The van der Waals surface area contributed by atoms with Gasteiger partial charge < -0.3 is 5.32 Å². The fourth-order valence-electron chi connectivity index (χ4n) is 1.37. The van der Waals surface area contributed by atoms with Gasteiger partial charge in [-0.3, -0.25) is 4.79 Å². The maximum absolute atomic E-state index is 11.3. The lowest BCUT2D eigenvalue weighted by molar-refractivity contribution is -0.118. The second-order valence-electron chi connectivity index (χ2n) is 3.09. The molecule has 0 aromatic heterocycles. The molecule has 76 valence electrons. The standard InChI is InChI=1S/C7H13NO3S2/c9-7(5-12)8-4-6-2-1-3-13(6,10)11/h6,12H,1-5H2,(H,8,9). The van der Waals surface area contributed by atoms with Crippen LogP contribution in [0.15, 0.2) is 0 Å². The summed E-state index contributed by atoms with van der Waals surface area (Å²) >= 11 is 3.77. The Morgan fingerprint density at radius 1 is 1.54 bits per heavy atom. The van der Waals surface area contributed by atoms with E-state index in [9.17, 15) is 13.2 Å². The molecule has 1 saturated heterocycles. The lowest BCUT2D eigenvalue weighted by Gasteiger charge is -2.09. The maximum atomic E-state index is 11.3. The van der Waals surface area contributed by atoms with Crippen molar-refractivity contribution in [3.05, 3.63) is 0 Å². The van der Waals surface area contributed by atoms with E-state index in [-0.39, 0.29) is 29.2 Å². The molecule has 0 bridgehead atoms. The second-order valence-corrected chi connectivity index (χ2v) is 5.81. The Kier molecular flexibility index (Phi) is 3.61. The highest BCUT2D eigenvalue weighted by Crippen LogP contribution is 2.18. The van der Waals surface area contributed by atoms with E-state index in [1.165, 1.54) is 0 Å². The average molecular weight is 223 g/mol. The molecule has 0 radical (unpaired) electrons. The van der Waals surface area contributed by atoms with Crippen LogP contribution in [0.2, 0.25) is 0 Å². The Morgan fingerprint density at radius 2 is 2.23 bits per heavy atom. The summed E-state index contributed by atoms with van der Waals surface area (Å²) in [6.07, 6.45) is 1.37. The number of hydrogen-bond donors (Lipinski definition) is 2. The van der Waals surface area contributed by atoms with Crippen molar-refractivity contribution < 1.29 is 13.2 Å². The summed E-state index contributed by atoms with van der Waals surface area (Å²) in [6.45, 7) is 0.238. The van der Waals surface area contributed by atoms with Gasteiger partial charge in [-0.05, 0) is 12.8 Å². The lowest BCUT2D eigenvalue weighted by Crippen LogP contribution is -2.35. The van der Waals surface area contributed by atoms with Crippen LogP contribution in [0.25, 0.3) is 0 Å². The molecule has 6 heteroatoms. The molecule has 0 spiro atoms. The van der Waals surface area contributed by atoms with E-state index in [4.69, 9.17) is 0 Å². The molecule has 1 N–H and O–H groups in total. The van der Waals surface area contributed by atoms with Crippen LogP contribution in [-0.4, -0.2) is 37.6 Å². The fraction of sp³-hybridized carbons (Fsp3) is 0.857. The number of hydrogen-bond acceptors (Lipinski definition) is 4. The van der Waals surface area contributed by atoms with Crippen molar-refractivity contribution in [2.45, 2.75) is 18.1 Å². The zero-order valence-corrected chi connectivity index (χ0v) is 8.90. The van der Waals surface area contributed by atoms with Crippen molar-refractivity contribution in [3.8, 4) is 0 Å². The molecule has 1 aliphatic rings. The summed E-state index contributed by atoms with van der Waals surface area (Å²) < 4.78 is 22.6. The molecular weight excluding hydrogens is 210 g/mol. The van der Waals surface area contributed by atoms with Crippen LogP contribution in [0.3, 0.4) is 0 Å². The van der Waals surface area contributed by atoms with Crippen LogP contribution in [-0.2, 0) is 14.6 Å². The highest BCUT2D eigenvalue weighted by molar-refractivity contribution is 7.92. The fourth-order valence-corrected chi connectivity index (χ4v) is 3.25. The largest absolute Gasteiger partial charge is 0.354 e. The van der Waals surface area contributed by atoms with E-state index >= 15 is 0 Å². The topological polar surface area (TPSA) is 63.2 Å². The molecule has 1 atom stereocenters. The molecule has 0 aliphatic carbocycles. The SMILES string of the molecule is O=C(CS)NCC1CCCS1(=O)=O. The number of carbonyl (C=O) groups excluding carboxylic acids is 1. The molecule has 0 saturated carbocycles. The number of rotatable bonds is 3. The Balaban J connectivity index is 2.42. The molecule has 1 unspecified atom stereocenters. The Labute approximate surface area is 83.4 Å². The van der Waals surface area contributed by atoms with Crippen LogP contribution >= 0.6 is 12.6 Å². The number of amides is 1. The maximum Gasteiger partial charge on any atom is 0.229 e. The van der Waals surface area contributed by atoms with Crippen molar-refractivity contribution >= 4 is 28.4 Å². The number of sulfone groups is 1. The van der Waals surface area contributed by atoms with Gasteiger partial charge in [-0.1, -0.05) is 0 Å². The van der Waals surface area contributed by atoms with Crippen molar-refractivity contribution in [1.82, 2.24) is 5.32 Å². The zero-order valence-electron chi connectivity index (χ0n) is 7.19.